The fraction of sp³-hybridized carbons (Fsp3) is 0.625. The highest BCUT2D eigenvalue weighted by Crippen LogP contribution is 2.43. The minimum Gasteiger partial charge on any atom is -0.490 e. The number of hydrogen-bond acceptors (Lipinski definition) is 3. The summed E-state index contributed by atoms with van der Waals surface area (Å²) in [6, 6.07) is 6.07. The van der Waals surface area contributed by atoms with E-state index in [0.29, 0.717) is 0 Å². The molecule has 0 bridgehead atoms. The lowest BCUT2D eigenvalue weighted by molar-refractivity contribution is -0.153. The van der Waals surface area contributed by atoms with E-state index in [1.807, 2.05) is 25.1 Å². The average molecular weight is 340 g/mol. The molecule has 1 aliphatic heterocycles. The van der Waals surface area contributed by atoms with Gasteiger partial charge in [-0.1, -0.05) is 22.0 Å². The minimum absolute atomic E-state index is 0.0180. The van der Waals surface area contributed by atoms with E-state index in [-0.39, 0.29) is 17.7 Å². The Morgan fingerprint density at radius 2 is 2.25 bits per heavy atom. The first-order chi connectivity index (χ1) is 9.58. The fourth-order valence-corrected chi connectivity index (χ4v) is 3.51. The Labute approximate surface area is 129 Å². The van der Waals surface area contributed by atoms with E-state index in [2.05, 4.69) is 15.9 Å². The summed E-state index contributed by atoms with van der Waals surface area (Å²) >= 11 is 3.51. The molecule has 2 unspecified atom stereocenters. The lowest BCUT2D eigenvalue weighted by atomic mass is 9.74. The van der Waals surface area contributed by atoms with Gasteiger partial charge in [-0.2, -0.15) is 0 Å². The van der Waals surface area contributed by atoms with E-state index < -0.39 is 0 Å². The molecular formula is C16H22BrNO2. The van der Waals surface area contributed by atoms with Crippen molar-refractivity contribution in [1.29, 1.82) is 0 Å². The Kier molecular flexibility index (Phi) is 4.07. The third-order valence-corrected chi connectivity index (χ3v) is 4.97. The smallest absolute Gasteiger partial charge is 0.125 e. The highest BCUT2D eigenvalue weighted by molar-refractivity contribution is 9.10. The summed E-state index contributed by atoms with van der Waals surface area (Å²) in [5, 5.41) is 0. The van der Waals surface area contributed by atoms with Crippen LogP contribution in [0.5, 0.6) is 5.75 Å². The van der Waals surface area contributed by atoms with Crippen LogP contribution in [0.25, 0.3) is 0 Å². The monoisotopic (exact) mass is 339 g/mol. The molecule has 3 rings (SSSR count). The van der Waals surface area contributed by atoms with Gasteiger partial charge in [0.15, 0.2) is 0 Å². The van der Waals surface area contributed by atoms with Gasteiger partial charge in [-0.25, -0.2) is 0 Å². The largest absolute Gasteiger partial charge is 0.490 e. The number of benzene rings is 1. The van der Waals surface area contributed by atoms with Gasteiger partial charge in [0.2, 0.25) is 0 Å². The third kappa shape index (κ3) is 2.87. The van der Waals surface area contributed by atoms with Crippen LogP contribution in [-0.4, -0.2) is 18.3 Å². The number of rotatable bonds is 3. The molecule has 2 aliphatic rings. The minimum atomic E-state index is -0.0180. The Morgan fingerprint density at radius 1 is 1.45 bits per heavy atom. The molecule has 1 aliphatic carbocycles. The van der Waals surface area contributed by atoms with Crippen molar-refractivity contribution >= 4 is 15.9 Å². The topological polar surface area (TPSA) is 44.5 Å². The maximum Gasteiger partial charge on any atom is 0.125 e. The van der Waals surface area contributed by atoms with Crippen LogP contribution in [0.15, 0.2) is 22.7 Å². The molecule has 1 saturated carbocycles. The molecule has 110 valence electrons. The van der Waals surface area contributed by atoms with Gasteiger partial charge < -0.3 is 15.2 Å². The average Bonchev–Trinajstić information content (AvgIpc) is 2.37. The van der Waals surface area contributed by atoms with E-state index in [1.165, 1.54) is 19.3 Å². The SMILES string of the molecule is CC(N)c1ccc(Br)cc1OC1CCOC2(CCC2)C1. The second kappa shape index (κ2) is 5.66. The first kappa shape index (κ1) is 14.4. The van der Waals surface area contributed by atoms with Gasteiger partial charge in [0.25, 0.3) is 0 Å². The van der Waals surface area contributed by atoms with E-state index >= 15 is 0 Å². The van der Waals surface area contributed by atoms with E-state index in [9.17, 15) is 0 Å². The van der Waals surface area contributed by atoms with Gasteiger partial charge in [-0.05, 0) is 38.3 Å². The van der Waals surface area contributed by atoms with Crippen LogP contribution in [0.2, 0.25) is 0 Å². The molecule has 3 nitrogen and oxygen atoms in total. The van der Waals surface area contributed by atoms with Gasteiger partial charge in [0, 0.05) is 28.9 Å². The molecule has 4 heteroatoms. The van der Waals surface area contributed by atoms with Crippen molar-refractivity contribution in [3.63, 3.8) is 0 Å². The Bertz CT molecular complexity index is 485. The van der Waals surface area contributed by atoms with E-state index in [4.69, 9.17) is 15.2 Å². The van der Waals surface area contributed by atoms with Gasteiger partial charge in [-0.15, -0.1) is 0 Å². The summed E-state index contributed by atoms with van der Waals surface area (Å²) in [5.41, 5.74) is 7.23. The predicted octanol–water partition coefficient (Wildman–Crippen LogP) is 3.95. The molecule has 1 aromatic rings. The Morgan fingerprint density at radius 3 is 2.90 bits per heavy atom. The maximum atomic E-state index is 6.27. The molecule has 20 heavy (non-hydrogen) atoms. The van der Waals surface area contributed by atoms with Crippen molar-refractivity contribution in [3.8, 4) is 5.75 Å². The number of hydrogen-bond donors (Lipinski definition) is 1. The van der Waals surface area contributed by atoms with Crippen molar-refractivity contribution in [2.24, 2.45) is 5.73 Å². The molecule has 2 atom stereocenters. The molecule has 0 radical (unpaired) electrons. The van der Waals surface area contributed by atoms with Crippen LogP contribution in [0.3, 0.4) is 0 Å². The predicted molar refractivity (Wildman–Crippen MR) is 82.9 cm³/mol. The molecular weight excluding hydrogens is 318 g/mol. The van der Waals surface area contributed by atoms with Crippen LogP contribution in [-0.2, 0) is 4.74 Å². The second-order valence-electron chi connectivity index (χ2n) is 6.09. The Hall–Kier alpha value is -0.580. The third-order valence-electron chi connectivity index (χ3n) is 4.47. The van der Waals surface area contributed by atoms with Crippen LogP contribution in [0, 0.1) is 0 Å². The quantitative estimate of drug-likeness (QED) is 0.906. The van der Waals surface area contributed by atoms with Crippen LogP contribution >= 0.6 is 15.9 Å². The summed E-state index contributed by atoms with van der Waals surface area (Å²) in [6.45, 7) is 2.81. The molecule has 0 amide bonds. The van der Waals surface area contributed by atoms with Crippen LogP contribution < -0.4 is 10.5 Å². The first-order valence-electron chi connectivity index (χ1n) is 7.44. The molecule has 1 aromatic carbocycles. The number of ether oxygens (including phenoxy) is 2. The van der Waals surface area contributed by atoms with Gasteiger partial charge in [0.05, 0.1) is 12.2 Å². The summed E-state index contributed by atoms with van der Waals surface area (Å²) in [4.78, 5) is 0. The maximum absolute atomic E-state index is 6.27. The second-order valence-corrected chi connectivity index (χ2v) is 7.00. The fourth-order valence-electron chi connectivity index (χ4n) is 3.17. The molecule has 1 saturated heterocycles. The van der Waals surface area contributed by atoms with E-state index in [1.54, 1.807) is 0 Å². The van der Waals surface area contributed by atoms with Crippen molar-refractivity contribution in [1.82, 2.24) is 0 Å². The van der Waals surface area contributed by atoms with Gasteiger partial charge >= 0.3 is 0 Å². The summed E-state index contributed by atoms with van der Waals surface area (Å²) in [5.74, 6) is 0.913. The zero-order valence-electron chi connectivity index (χ0n) is 11.9. The van der Waals surface area contributed by atoms with Crippen molar-refractivity contribution < 1.29 is 9.47 Å². The van der Waals surface area contributed by atoms with E-state index in [0.717, 1.165) is 35.2 Å². The lowest BCUT2D eigenvalue weighted by Gasteiger charge is -2.47. The van der Waals surface area contributed by atoms with Crippen molar-refractivity contribution in [2.75, 3.05) is 6.61 Å². The lowest BCUT2D eigenvalue weighted by Crippen LogP contribution is -2.48. The molecule has 2 fully saturated rings. The zero-order chi connectivity index (χ0) is 14.2. The van der Waals surface area contributed by atoms with Crippen molar-refractivity contribution in [2.45, 2.75) is 56.8 Å². The molecule has 2 N–H and O–H groups in total. The molecule has 0 aromatic heterocycles. The molecule has 1 heterocycles. The summed E-state index contributed by atoms with van der Waals surface area (Å²) in [7, 11) is 0. The Balaban J connectivity index is 1.75. The van der Waals surface area contributed by atoms with Gasteiger partial charge in [-0.3, -0.25) is 0 Å². The highest BCUT2D eigenvalue weighted by Gasteiger charge is 2.43. The van der Waals surface area contributed by atoms with Crippen LogP contribution in [0.4, 0.5) is 0 Å². The number of nitrogens with two attached hydrogens (primary N) is 1. The highest BCUT2D eigenvalue weighted by atomic mass is 79.9. The summed E-state index contributed by atoms with van der Waals surface area (Å²) in [6.07, 6.45) is 5.88. The number of halogens is 1. The summed E-state index contributed by atoms with van der Waals surface area (Å²) < 4.78 is 13.3. The van der Waals surface area contributed by atoms with Crippen LogP contribution in [0.1, 0.15) is 50.6 Å². The van der Waals surface area contributed by atoms with Crippen molar-refractivity contribution in [3.05, 3.63) is 28.2 Å². The normalized spacial score (nSPS) is 26.1. The molecule has 1 spiro atoms. The van der Waals surface area contributed by atoms with Gasteiger partial charge in [0.1, 0.15) is 11.9 Å². The standard InChI is InChI=1S/C16H22BrNO2/c1-11(18)14-4-3-12(17)9-15(14)20-13-5-8-19-16(10-13)6-2-7-16/h3-4,9,11,13H,2,5-8,10,18H2,1H3. The first-order valence-corrected chi connectivity index (χ1v) is 8.23. The zero-order valence-corrected chi connectivity index (χ0v) is 13.5.